The number of hydrogen-bond donors (Lipinski definition) is 1. The summed E-state index contributed by atoms with van der Waals surface area (Å²) in [7, 11) is -4.12. The van der Waals surface area contributed by atoms with Crippen molar-refractivity contribution in [2.45, 2.75) is 62.6 Å². The van der Waals surface area contributed by atoms with Gasteiger partial charge in [-0.1, -0.05) is 66.7 Å². The van der Waals surface area contributed by atoms with Gasteiger partial charge in [-0.2, -0.15) is 0 Å². The molecule has 1 fully saturated rings. The van der Waals surface area contributed by atoms with E-state index in [1.807, 2.05) is 0 Å². The highest BCUT2D eigenvalue weighted by atomic mass is 127. The van der Waals surface area contributed by atoms with Crippen LogP contribution in [0.3, 0.4) is 0 Å². The fourth-order valence-corrected chi connectivity index (χ4v) is 7.17. The second-order valence-electron chi connectivity index (χ2n) is 10.0. The molecule has 3 aromatic rings. The van der Waals surface area contributed by atoms with Gasteiger partial charge in [0.15, 0.2) is 0 Å². The van der Waals surface area contributed by atoms with Crippen LogP contribution in [0.25, 0.3) is 0 Å². The predicted molar refractivity (Wildman–Crippen MR) is 172 cm³/mol. The van der Waals surface area contributed by atoms with Crippen LogP contribution < -0.4 is 9.62 Å². The maximum absolute atomic E-state index is 14.1. The van der Waals surface area contributed by atoms with Crippen LogP contribution in [0.4, 0.5) is 5.69 Å². The summed E-state index contributed by atoms with van der Waals surface area (Å²) in [6, 6.07) is 19.0. The molecular formula is C30H32Cl2IN3O4S. The molecule has 0 aromatic heterocycles. The molecule has 0 aliphatic heterocycles. The minimum atomic E-state index is -4.12. The van der Waals surface area contributed by atoms with Gasteiger partial charge < -0.3 is 10.2 Å². The fourth-order valence-electron chi connectivity index (χ4n) is 4.86. The topological polar surface area (TPSA) is 86.8 Å². The van der Waals surface area contributed by atoms with E-state index in [1.165, 1.54) is 17.0 Å². The number of halogens is 3. The molecule has 0 bridgehead atoms. The molecule has 1 unspecified atom stereocenters. The summed E-state index contributed by atoms with van der Waals surface area (Å²) >= 11 is 15.0. The quantitative estimate of drug-likeness (QED) is 0.237. The number of carbonyl (C=O) groups is 2. The van der Waals surface area contributed by atoms with Crippen LogP contribution in [0.1, 0.15) is 44.6 Å². The zero-order valence-corrected chi connectivity index (χ0v) is 27.1. The summed E-state index contributed by atoms with van der Waals surface area (Å²) in [5.74, 6) is -0.870. The first kappa shape index (κ1) is 31.6. The van der Waals surface area contributed by atoms with E-state index in [0.29, 0.717) is 21.3 Å². The minimum Gasteiger partial charge on any atom is -0.352 e. The lowest BCUT2D eigenvalue weighted by Crippen LogP contribution is -2.53. The maximum atomic E-state index is 14.1. The van der Waals surface area contributed by atoms with Crippen molar-refractivity contribution in [1.29, 1.82) is 0 Å². The molecule has 218 valence electrons. The molecule has 1 aliphatic rings. The van der Waals surface area contributed by atoms with Crippen LogP contribution in [0.5, 0.6) is 0 Å². The van der Waals surface area contributed by atoms with Gasteiger partial charge in [0, 0.05) is 31.8 Å². The second kappa shape index (κ2) is 14.2. The van der Waals surface area contributed by atoms with Crippen molar-refractivity contribution in [1.82, 2.24) is 10.2 Å². The first-order chi connectivity index (χ1) is 19.6. The van der Waals surface area contributed by atoms with Gasteiger partial charge in [0.2, 0.25) is 11.8 Å². The van der Waals surface area contributed by atoms with Crippen LogP contribution in [-0.2, 0) is 26.2 Å². The Morgan fingerprint density at radius 1 is 0.927 bits per heavy atom. The summed E-state index contributed by atoms with van der Waals surface area (Å²) in [6.07, 6.45) is 5.00. The molecule has 4 rings (SSSR count). The van der Waals surface area contributed by atoms with Crippen molar-refractivity contribution >= 4 is 73.3 Å². The first-order valence-corrected chi connectivity index (χ1v) is 16.7. The van der Waals surface area contributed by atoms with E-state index in [4.69, 9.17) is 23.2 Å². The normalized spacial score (nSPS) is 14.7. The predicted octanol–water partition coefficient (Wildman–Crippen LogP) is 6.66. The maximum Gasteiger partial charge on any atom is 0.264 e. The third kappa shape index (κ3) is 7.94. The summed E-state index contributed by atoms with van der Waals surface area (Å²) in [6.45, 7) is 1.05. The van der Waals surface area contributed by atoms with Crippen LogP contribution in [0.15, 0.2) is 77.7 Å². The largest absolute Gasteiger partial charge is 0.352 e. The molecule has 1 atom stereocenters. The van der Waals surface area contributed by atoms with Crippen molar-refractivity contribution in [3.63, 3.8) is 0 Å². The molecule has 0 spiro atoms. The van der Waals surface area contributed by atoms with Gasteiger partial charge in [0.1, 0.15) is 12.6 Å². The molecule has 2 amide bonds. The Hall–Kier alpha value is -2.34. The number of rotatable bonds is 10. The number of sulfonamides is 1. The lowest BCUT2D eigenvalue weighted by Gasteiger charge is -2.33. The number of nitrogens with zero attached hydrogens (tertiary/aromatic N) is 2. The van der Waals surface area contributed by atoms with E-state index in [0.717, 1.165) is 40.0 Å². The van der Waals surface area contributed by atoms with E-state index in [1.54, 1.807) is 67.6 Å². The Bertz CT molecular complexity index is 1450. The summed E-state index contributed by atoms with van der Waals surface area (Å²) in [5, 5.41) is 3.78. The number of hydrogen-bond acceptors (Lipinski definition) is 4. The highest BCUT2D eigenvalue weighted by molar-refractivity contribution is 14.1. The average molecular weight is 728 g/mol. The van der Waals surface area contributed by atoms with Crippen LogP contribution in [0, 0.1) is 3.57 Å². The van der Waals surface area contributed by atoms with Crippen LogP contribution in [0.2, 0.25) is 10.0 Å². The number of anilines is 1. The molecule has 3 aromatic carbocycles. The fraction of sp³-hybridized carbons (Fsp3) is 0.333. The summed E-state index contributed by atoms with van der Waals surface area (Å²) < 4.78 is 29.7. The van der Waals surface area contributed by atoms with Gasteiger partial charge in [0.05, 0.1) is 10.6 Å². The Kier molecular flexibility index (Phi) is 11.0. The van der Waals surface area contributed by atoms with E-state index < -0.39 is 28.5 Å². The van der Waals surface area contributed by atoms with Crippen molar-refractivity contribution in [3.05, 3.63) is 92.0 Å². The lowest BCUT2D eigenvalue weighted by molar-refractivity contribution is -0.139. The Labute approximate surface area is 265 Å². The van der Waals surface area contributed by atoms with E-state index in [-0.39, 0.29) is 23.4 Å². The molecule has 1 N–H and O–H groups in total. The van der Waals surface area contributed by atoms with Crippen molar-refractivity contribution in [3.8, 4) is 0 Å². The Balaban J connectivity index is 1.69. The third-order valence-electron chi connectivity index (χ3n) is 7.23. The van der Waals surface area contributed by atoms with Crippen molar-refractivity contribution in [2.24, 2.45) is 0 Å². The van der Waals surface area contributed by atoms with Crippen molar-refractivity contribution in [2.75, 3.05) is 10.8 Å². The summed E-state index contributed by atoms with van der Waals surface area (Å²) in [5.41, 5.74) is 0.811. The van der Waals surface area contributed by atoms with Gasteiger partial charge >= 0.3 is 0 Å². The number of nitrogens with one attached hydrogen (secondary N) is 1. The molecule has 0 heterocycles. The van der Waals surface area contributed by atoms with E-state index in [9.17, 15) is 18.0 Å². The molecule has 7 nitrogen and oxygen atoms in total. The lowest BCUT2D eigenvalue weighted by atomic mass is 9.95. The van der Waals surface area contributed by atoms with Gasteiger partial charge in [0.25, 0.3) is 10.0 Å². The molecule has 1 saturated carbocycles. The van der Waals surface area contributed by atoms with Crippen LogP contribution >= 0.6 is 45.8 Å². The molecular weight excluding hydrogens is 696 g/mol. The zero-order chi connectivity index (χ0) is 29.6. The minimum absolute atomic E-state index is 0.0429. The summed E-state index contributed by atoms with van der Waals surface area (Å²) in [4.78, 5) is 28.9. The smallest absolute Gasteiger partial charge is 0.264 e. The third-order valence-corrected chi connectivity index (χ3v) is 10.4. The average Bonchev–Trinajstić information content (AvgIpc) is 2.97. The Morgan fingerprint density at radius 2 is 1.54 bits per heavy atom. The molecule has 0 saturated heterocycles. The highest BCUT2D eigenvalue weighted by Gasteiger charge is 2.33. The number of carbonyl (C=O) groups excluding carboxylic acids is 2. The number of amides is 2. The molecule has 11 heteroatoms. The van der Waals surface area contributed by atoms with Gasteiger partial charge in [-0.05, 0) is 90.9 Å². The van der Waals surface area contributed by atoms with E-state index >= 15 is 0 Å². The molecule has 0 radical (unpaired) electrons. The number of benzene rings is 3. The zero-order valence-electron chi connectivity index (χ0n) is 22.6. The Morgan fingerprint density at radius 3 is 2.15 bits per heavy atom. The molecule has 41 heavy (non-hydrogen) atoms. The second-order valence-corrected chi connectivity index (χ2v) is 14.0. The van der Waals surface area contributed by atoms with Crippen molar-refractivity contribution < 1.29 is 18.0 Å². The van der Waals surface area contributed by atoms with Gasteiger partial charge in [-0.25, -0.2) is 8.42 Å². The SMILES string of the molecule is CC(C(=O)NC1CCCCC1)N(Cc1c(Cl)cccc1Cl)C(=O)CN(c1ccc(I)cc1)S(=O)(=O)c1ccccc1. The van der Waals surface area contributed by atoms with Gasteiger partial charge in [-0.15, -0.1) is 0 Å². The highest BCUT2D eigenvalue weighted by Crippen LogP contribution is 2.29. The van der Waals surface area contributed by atoms with Gasteiger partial charge in [-0.3, -0.25) is 13.9 Å². The first-order valence-electron chi connectivity index (χ1n) is 13.4. The standard InChI is InChI=1S/C30H32Cl2IN3O4S/c1-21(30(38)34-23-9-4-2-5-10-23)35(19-26-27(31)13-8-14-28(26)32)29(37)20-36(24-17-15-22(33)16-18-24)41(39,40)25-11-6-3-7-12-25/h3,6-8,11-18,21,23H,2,4-5,9-10,19-20H2,1H3,(H,34,38). The molecule has 1 aliphatic carbocycles. The van der Waals surface area contributed by atoms with E-state index in [2.05, 4.69) is 27.9 Å². The van der Waals surface area contributed by atoms with Crippen LogP contribution in [-0.4, -0.2) is 43.8 Å². The monoisotopic (exact) mass is 727 g/mol.